The number of hydrogen-bond donors (Lipinski definition) is 1. The lowest BCUT2D eigenvalue weighted by Gasteiger charge is -2.12. The van der Waals surface area contributed by atoms with Gasteiger partial charge < -0.3 is 10.2 Å². The molecule has 1 aliphatic carbocycles. The summed E-state index contributed by atoms with van der Waals surface area (Å²) in [5.41, 5.74) is 9.32. The Morgan fingerprint density at radius 2 is 1.91 bits per heavy atom. The molecule has 1 aromatic carbocycles. The zero-order chi connectivity index (χ0) is 15.6. The van der Waals surface area contributed by atoms with Gasteiger partial charge in [0.2, 0.25) is 11.8 Å². The quantitative estimate of drug-likeness (QED) is 0.798. The SMILES string of the molecule is NCc1nnc(Cc2nc3c(s2)C=C(c2ccccc2)CC3)o1. The van der Waals surface area contributed by atoms with E-state index in [1.165, 1.54) is 21.7 Å². The predicted molar refractivity (Wildman–Crippen MR) is 89.7 cm³/mol. The molecule has 3 aromatic rings. The van der Waals surface area contributed by atoms with E-state index in [1.54, 1.807) is 11.3 Å². The van der Waals surface area contributed by atoms with Crippen molar-refractivity contribution in [2.24, 2.45) is 5.73 Å². The maximum atomic E-state index is 5.49. The van der Waals surface area contributed by atoms with Gasteiger partial charge in [-0.25, -0.2) is 4.98 Å². The lowest BCUT2D eigenvalue weighted by atomic mass is 9.95. The second-order valence-corrected chi connectivity index (χ2v) is 6.54. The number of aryl methyl sites for hydroxylation is 1. The number of hydrogen-bond acceptors (Lipinski definition) is 6. The van der Waals surface area contributed by atoms with Crippen LogP contribution in [0.3, 0.4) is 0 Å². The van der Waals surface area contributed by atoms with Gasteiger partial charge in [0.1, 0.15) is 5.01 Å². The monoisotopic (exact) mass is 324 g/mol. The molecule has 0 unspecified atom stereocenters. The van der Waals surface area contributed by atoms with Crippen LogP contribution in [-0.4, -0.2) is 15.2 Å². The third-order valence-electron chi connectivity index (χ3n) is 3.84. The standard InChI is InChI=1S/C17H16N4OS/c18-10-16-21-20-15(22-16)9-17-19-13-7-6-12(8-14(13)23-17)11-4-2-1-3-5-11/h1-5,8H,6-7,9-10,18H2. The van der Waals surface area contributed by atoms with E-state index in [0.717, 1.165) is 17.8 Å². The summed E-state index contributed by atoms with van der Waals surface area (Å²) < 4.78 is 5.46. The molecular formula is C17H16N4OS. The number of rotatable bonds is 4. The van der Waals surface area contributed by atoms with Crippen LogP contribution in [-0.2, 0) is 19.4 Å². The fourth-order valence-corrected chi connectivity index (χ4v) is 3.79. The summed E-state index contributed by atoms with van der Waals surface area (Å²) >= 11 is 1.70. The van der Waals surface area contributed by atoms with E-state index in [4.69, 9.17) is 15.1 Å². The molecule has 0 spiro atoms. The summed E-state index contributed by atoms with van der Waals surface area (Å²) in [6.45, 7) is 0.268. The van der Waals surface area contributed by atoms with Crippen LogP contribution < -0.4 is 5.73 Å². The number of allylic oxidation sites excluding steroid dienone is 1. The Bertz CT molecular complexity index is 851. The van der Waals surface area contributed by atoms with Crippen LogP contribution in [0.5, 0.6) is 0 Å². The van der Waals surface area contributed by atoms with Crippen molar-refractivity contribution in [2.75, 3.05) is 0 Å². The Morgan fingerprint density at radius 1 is 1.09 bits per heavy atom. The van der Waals surface area contributed by atoms with Crippen LogP contribution in [0.4, 0.5) is 0 Å². The number of nitrogens with zero attached hydrogens (tertiary/aromatic N) is 3. The highest BCUT2D eigenvalue weighted by molar-refractivity contribution is 7.12. The van der Waals surface area contributed by atoms with E-state index in [9.17, 15) is 0 Å². The summed E-state index contributed by atoms with van der Waals surface area (Å²) in [6.07, 6.45) is 4.83. The van der Waals surface area contributed by atoms with Crippen molar-refractivity contribution >= 4 is 23.0 Å². The van der Waals surface area contributed by atoms with Crippen LogP contribution in [0.15, 0.2) is 34.7 Å². The maximum Gasteiger partial charge on any atom is 0.230 e. The minimum absolute atomic E-state index is 0.268. The molecule has 2 heterocycles. The Hall–Kier alpha value is -2.31. The highest BCUT2D eigenvalue weighted by Gasteiger charge is 2.18. The first kappa shape index (κ1) is 14.3. The van der Waals surface area contributed by atoms with E-state index >= 15 is 0 Å². The molecule has 0 fully saturated rings. The maximum absolute atomic E-state index is 5.49. The first-order chi connectivity index (χ1) is 11.3. The van der Waals surface area contributed by atoms with Crippen molar-refractivity contribution < 1.29 is 4.42 Å². The van der Waals surface area contributed by atoms with Crippen LogP contribution >= 0.6 is 11.3 Å². The summed E-state index contributed by atoms with van der Waals surface area (Å²) in [5.74, 6) is 1.04. The molecule has 2 aromatic heterocycles. The molecule has 0 atom stereocenters. The van der Waals surface area contributed by atoms with Gasteiger partial charge in [0, 0.05) is 0 Å². The van der Waals surface area contributed by atoms with Crippen molar-refractivity contribution in [1.82, 2.24) is 15.2 Å². The fraction of sp³-hybridized carbons (Fsp3) is 0.235. The highest BCUT2D eigenvalue weighted by Crippen LogP contribution is 2.33. The summed E-state index contributed by atoms with van der Waals surface area (Å²) in [7, 11) is 0. The molecule has 116 valence electrons. The molecule has 23 heavy (non-hydrogen) atoms. The van der Waals surface area contributed by atoms with Crippen molar-refractivity contribution in [3.05, 3.63) is 63.3 Å². The zero-order valence-electron chi connectivity index (χ0n) is 12.5. The molecule has 0 saturated heterocycles. The van der Waals surface area contributed by atoms with Gasteiger partial charge >= 0.3 is 0 Å². The van der Waals surface area contributed by atoms with Crippen molar-refractivity contribution in [3.63, 3.8) is 0 Å². The molecule has 2 N–H and O–H groups in total. The van der Waals surface area contributed by atoms with Gasteiger partial charge in [-0.3, -0.25) is 0 Å². The first-order valence-electron chi connectivity index (χ1n) is 7.57. The minimum atomic E-state index is 0.268. The molecule has 5 nitrogen and oxygen atoms in total. The minimum Gasteiger partial charge on any atom is -0.423 e. The molecule has 4 rings (SSSR count). The van der Waals surface area contributed by atoms with E-state index in [-0.39, 0.29) is 6.54 Å². The predicted octanol–water partition coefficient (Wildman–Crippen LogP) is 3.06. The summed E-state index contributed by atoms with van der Waals surface area (Å²) in [6, 6.07) is 10.5. The Kier molecular flexibility index (Phi) is 3.77. The van der Waals surface area contributed by atoms with Gasteiger partial charge in [-0.15, -0.1) is 21.5 Å². The van der Waals surface area contributed by atoms with E-state index < -0.39 is 0 Å². The molecule has 0 aliphatic heterocycles. The molecule has 0 saturated carbocycles. The highest BCUT2D eigenvalue weighted by atomic mass is 32.1. The van der Waals surface area contributed by atoms with Crippen LogP contribution in [0.2, 0.25) is 0 Å². The third-order valence-corrected chi connectivity index (χ3v) is 4.88. The zero-order valence-corrected chi connectivity index (χ0v) is 13.3. The average molecular weight is 324 g/mol. The van der Waals surface area contributed by atoms with Crippen LogP contribution in [0, 0.1) is 0 Å². The van der Waals surface area contributed by atoms with Crippen molar-refractivity contribution in [1.29, 1.82) is 0 Å². The van der Waals surface area contributed by atoms with E-state index in [0.29, 0.717) is 18.2 Å². The van der Waals surface area contributed by atoms with Crippen LogP contribution in [0.25, 0.3) is 11.6 Å². The van der Waals surface area contributed by atoms with Gasteiger partial charge in [0.25, 0.3) is 0 Å². The molecule has 6 heteroatoms. The van der Waals surface area contributed by atoms with Gasteiger partial charge in [-0.05, 0) is 30.1 Å². The number of thiazole rings is 1. The number of nitrogens with two attached hydrogens (primary N) is 1. The number of aromatic nitrogens is 3. The molecule has 0 bridgehead atoms. The largest absolute Gasteiger partial charge is 0.423 e. The average Bonchev–Trinajstić information content (AvgIpc) is 3.21. The normalized spacial score (nSPS) is 13.7. The van der Waals surface area contributed by atoms with Gasteiger partial charge in [-0.2, -0.15) is 0 Å². The second kappa shape index (κ2) is 6.06. The summed E-state index contributed by atoms with van der Waals surface area (Å²) in [5, 5.41) is 8.90. The Morgan fingerprint density at radius 3 is 2.70 bits per heavy atom. The van der Waals surface area contributed by atoms with Crippen molar-refractivity contribution in [3.8, 4) is 0 Å². The van der Waals surface area contributed by atoms with E-state index in [1.807, 2.05) is 6.07 Å². The smallest absolute Gasteiger partial charge is 0.230 e. The second-order valence-electron chi connectivity index (χ2n) is 5.42. The Labute approximate surface area is 137 Å². The molecule has 0 amide bonds. The summed E-state index contributed by atoms with van der Waals surface area (Å²) in [4.78, 5) is 5.96. The first-order valence-corrected chi connectivity index (χ1v) is 8.39. The molecule has 1 aliphatic rings. The lowest BCUT2D eigenvalue weighted by Crippen LogP contribution is -1.97. The Balaban J connectivity index is 1.58. The fourth-order valence-electron chi connectivity index (χ4n) is 2.72. The van der Waals surface area contributed by atoms with Gasteiger partial charge in [0.05, 0.1) is 23.5 Å². The van der Waals surface area contributed by atoms with Crippen LogP contribution in [0.1, 0.15) is 39.3 Å². The molecule has 0 radical (unpaired) electrons. The number of fused-ring (bicyclic) bond motifs is 1. The number of benzene rings is 1. The topological polar surface area (TPSA) is 77.8 Å². The van der Waals surface area contributed by atoms with Gasteiger partial charge in [0.15, 0.2) is 0 Å². The van der Waals surface area contributed by atoms with Gasteiger partial charge in [-0.1, -0.05) is 30.3 Å². The molecular weight excluding hydrogens is 308 g/mol. The van der Waals surface area contributed by atoms with Crippen molar-refractivity contribution in [2.45, 2.75) is 25.8 Å². The van der Waals surface area contributed by atoms with E-state index in [2.05, 4.69) is 40.5 Å². The lowest BCUT2D eigenvalue weighted by molar-refractivity contribution is 0.459. The third kappa shape index (κ3) is 2.95.